The molecular formula is C9H14BrN3O. The number of rotatable bonds is 4. The van der Waals surface area contributed by atoms with Crippen molar-refractivity contribution in [3.63, 3.8) is 0 Å². The summed E-state index contributed by atoms with van der Waals surface area (Å²) in [4.78, 5) is 8.53. The Morgan fingerprint density at radius 1 is 1.64 bits per heavy atom. The lowest BCUT2D eigenvalue weighted by molar-refractivity contribution is 0.117. The maximum absolute atomic E-state index is 5.15. The van der Waals surface area contributed by atoms with Gasteiger partial charge < -0.3 is 10.1 Å². The highest BCUT2D eigenvalue weighted by Crippen LogP contribution is 2.18. The van der Waals surface area contributed by atoms with Crippen LogP contribution in [0.25, 0.3) is 0 Å². The van der Waals surface area contributed by atoms with Crippen molar-refractivity contribution in [1.29, 1.82) is 0 Å². The lowest BCUT2D eigenvalue weighted by Gasteiger charge is -2.09. The summed E-state index contributed by atoms with van der Waals surface area (Å²) >= 11 is 3.36. The quantitative estimate of drug-likeness (QED) is 0.897. The molecule has 5 heteroatoms. The lowest BCUT2D eigenvalue weighted by Crippen LogP contribution is -2.12. The van der Waals surface area contributed by atoms with Crippen LogP contribution in [0.4, 0.5) is 5.82 Å². The molecule has 0 spiro atoms. The highest BCUT2D eigenvalue weighted by molar-refractivity contribution is 9.10. The first-order valence-electron chi connectivity index (χ1n) is 4.39. The normalized spacial score (nSPS) is 12.6. The molecule has 1 unspecified atom stereocenters. The van der Waals surface area contributed by atoms with E-state index in [9.17, 15) is 0 Å². The molecule has 0 bridgehead atoms. The Bertz CT molecular complexity index is 306. The summed E-state index contributed by atoms with van der Waals surface area (Å²) in [5, 5.41) is 2.99. The molecule has 1 N–H and O–H groups in total. The molecule has 1 aromatic heterocycles. The number of aromatic nitrogens is 2. The summed E-state index contributed by atoms with van der Waals surface area (Å²) < 4.78 is 6.01. The first kappa shape index (κ1) is 11.4. The van der Waals surface area contributed by atoms with Crippen LogP contribution in [-0.2, 0) is 11.2 Å². The molecule has 4 nitrogen and oxygen atoms in total. The molecule has 0 aromatic carbocycles. The zero-order valence-corrected chi connectivity index (χ0v) is 10.1. The van der Waals surface area contributed by atoms with Crippen molar-refractivity contribution >= 4 is 21.7 Å². The molecule has 1 atom stereocenters. The minimum atomic E-state index is 0.140. The van der Waals surface area contributed by atoms with E-state index in [1.165, 1.54) is 0 Å². The number of nitrogens with zero attached hydrogens (tertiary/aromatic N) is 2. The van der Waals surface area contributed by atoms with Crippen LogP contribution < -0.4 is 5.32 Å². The average Bonchev–Trinajstić information content (AvgIpc) is 2.20. The molecule has 0 saturated carbocycles. The molecule has 1 heterocycles. The second-order valence-corrected chi connectivity index (χ2v) is 3.84. The van der Waals surface area contributed by atoms with Crippen molar-refractivity contribution in [2.24, 2.45) is 0 Å². The van der Waals surface area contributed by atoms with Gasteiger partial charge in [-0.15, -0.1) is 0 Å². The van der Waals surface area contributed by atoms with E-state index < -0.39 is 0 Å². The lowest BCUT2D eigenvalue weighted by atomic mass is 10.2. The molecule has 0 amide bonds. The molecule has 0 aliphatic heterocycles. The van der Waals surface area contributed by atoms with Gasteiger partial charge >= 0.3 is 0 Å². The zero-order valence-electron chi connectivity index (χ0n) is 8.54. The average molecular weight is 260 g/mol. The smallest absolute Gasteiger partial charge is 0.143 e. The van der Waals surface area contributed by atoms with Crippen LogP contribution in [-0.4, -0.2) is 30.2 Å². The summed E-state index contributed by atoms with van der Waals surface area (Å²) in [6, 6.07) is 0. The second kappa shape index (κ2) is 5.26. The molecule has 0 radical (unpaired) electrons. The van der Waals surface area contributed by atoms with Gasteiger partial charge in [-0.3, -0.25) is 0 Å². The highest BCUT2D eigenvalue weighted by atomic mass is 79.9. The predicted molar refractivity (Wildman–Crippen MR) is 59.5 cm³/mol. The number of ether oxygens (including phenoxy) is 1. The molecule has 78 valence electrons. The van der Waals surface area contributed by atoms with E-state index in [4.69, 9.17) is 4.74 Å². The van der Waals surface area contributed by atoms with E-state index in [2.05, 4.69) is 31.2 Å². The van der Waals surface area contributed by atoms with E-state index in [0.717, 1.165) is 22.5 Å². The Labute approximate surface area is 92.2 Å². The largest absolute Gasteiger partial charge is 0.381 e. The molecule has 0 saturated heterocycles. The van der Waals surface area contributed by atoms with E-state index in [1.807, 2.05) is 14.0 Å². The molecule has 14 heavy (non-hydrogen) atoms. The topological polar surface area (TPSA) is 47.0 Å². The maximum atomic E-state index is 5.15. The molecule has 1 rings (SSSR count). The number of hydrogen-bond donors (Lipinski definition) is 1. The standard InChI is InChI=1S/C9H14BrN3O/c1-6(14-3)4-8-12-5-7(10)9(11-2)13-8/h5-6H,4H2,1-3H3,(H,11,12,13). The fourth-order valence-electron chi connectivity index (χ4n) is 1.02. The van der Waals surface area contributed by atoms with E-state index in [1.54, 1.807) is 13.3 Å². The molecule has 0 fully saturated rings. The van der Waals surface area contributed by atoms with Crippen molar-refractivity contribution in [3.8, 4) is 0 Å². The SMILES string of the molecule is CNc1nc(CC(C)OC)ncc1Br. The van der Waals surface area contributed by atoms with Gasteiger partial charge in [0, 0.05) is 26.8 Å². The van der Waals surface area contributed by atoms with Crippen molar-refractivity contribution in [2.45, 2.75) is 19.4 Å². The Kier molecular flexibility index (Phi) is 4.28. The van der Waals surface area contributed by atoms with Gasteiger partial charge in [-0.1, -0.05) is 0 Å². The second-order valence-electron chi connectivity index (χ2n) is 2.98. The Balaban J connectivity index is 2.79. The van der Waals surface area contributed by atoms with Gasteiger partial charge in [0.05, 0.1) is 10.6 Å². The summed E-state index contributed by atoms with van der Waals surface area (Å²) in [7, 11) is 3.51. The van der Waals surface area contributed by atoms with Crippen LogP contribution in [0.1, 0.15) is 12.7 Å². The number of nitrogens with one attached hydrogen (secondary N) is 1. The van der Waals surface area contributed by atoms with Gasteiger partial charge in [-0.25, -0.2) is 9.97 Å². The molecular weight excluding hydrogens is 246 g/mol. The molecule has 0 aliphatic carbocycles. The fraction of sp³-hybridized carbons (Fsp3) is 0.556. The fourth-order valence-corrected chi connectivity index (χ4v) is 1.41. The van der Waals surface area contributed by atoms with E-state index >= 15 is 0 Å². The third-order valence-electron chi connectivity index (χ3n) is 1.90. The predicted octanol–water partition coefficient (Wildman–Crippen LogP) is 1.86. The van der Waals surface area contributed by atoms with Gasteiger partial charge in [0.15, 0.2) is 0 Å². The highest BCUT2D eigenvalue weighted by Gasteiger charge is 2.07. The van der Waals surface area contributed by atoms with Crippen molar-refractivity contribution < 1.29 is 4.74 Å². The van der Waals surface area contributed by atoms with Crippen LogP contribution in [0.5, 0.6) is 0 Å². The number of anilines is 1. The van der Waals surface area contributed by atoms with Crippen LogP contribution >= 0.6 is 15.9 Å². The van der Waals surface area contributed by atoms with Crippen LogP contribution in [0.2, 0.25) is 0 Å². The van der Waals surface area contributed by atoms with Crippen molar-refractivity contribution in [2.75, 3.05) is 19.5 Å². The Hall–Kier alpha value is -0.680. The Morgan fingerprint density at radius 3 is 2.93 bits per heavy atom. The third-order valence-corrected chi connectivity index (χ3v) is 2.48. The number of methoxy groups -OCH3 is 1. The van der Waals surface area contributed by atoms with Crippen molar-refractivity contribution in [3.05, 3.63) is 16.5 Å². The van der Waals surface area contributed by atoms with Crippen LogP contribution in [0.15, 0.2) is 10.7 Å². The monoisotopic (exact) mass is 259 g/mol. The van der Waals surface area contributed by atoms with Gasteiger partial charge in [0.2, 0.25) is 0 Å². The van der Waals surface area contributed by atoms with Crippen LogP contribution in [0, 0.1) is 0 Å². The summed E-state index contributed by atoms with van der Waals surface area (Å²) in [6.07, 6.45) is 2.61. The molecule has 1 aromatic rings. The summed E-state index contributed by atoms with van der Waals surface area (Å²) in [5.41, 5.74) is 0. The first-order chi connectivity index (χ1) is 6.67. The minimum absolute atomic E-state index is 0.140. The Morgan fingerprint density at radius 2 is 2.36 bits per heavy atom. The summed E-state index contributed by atoms with van der Waals surface area (Å²) in [5.74, 6) is 1.59. The number of halogens is 1. The zero-order chi connectivity index (χ0) is 10.6. The van der Waals surface area contributed by atoms with Crippen molar-refractivity contribution in [1.82, 2.24) is 9.97 Å². The van der Waals surface area contributed by atoms with Gasteiger partial charge in [0.1, 0.15) is 11.6 Å². The van der Waals surface area contributed by atoms with Gasteiger partial charge in [-0.2, -0.15) is 0 Å². The van der Waals surface area contributed by atoms with E-state index in [0.29, 0.717) is 0 Å². The summed E-state index contributed by atoms with van der Waals surface area (Å²) in [6.45, 7) is 1.99. The minimum Gasteiger partial charge on any atom is -0.381 e. The van der Waals surface area contributed by atoms with E-state index in [-0.39, 0.29) is 6.10 Å². The first-order valence-corrected chi connectivity index (χ1v) is 5.18. The van der Waals surface area contributed by atoms with Gasteiger partial charge in [0.25, 0.3) is 0 Å². The number of hydrogen-bond acceptors (Lipinski definition) is 4. The molecule has 0 aliphatic rings. The van der Waals surface area contributed by atoms with Gasteiger partial charge in [-0.05, 0) is 22.9 Å². The van der Waals surface area contributed by atoms with Crippen LogP contribution in [0.3, 0.4) is 0 Å². The maximum Gasteiger partial charge on any atom is 0.143 e. The third kappa shape index (κ3) is 2.92.